The summed E-state index contributed by atoms with van der Waals surface area (Å²) in [6, 6.07) is 6.04. The van der Waals surface area contributed by atoms with Crippen molar-refractivity contribution in [1.29, 1.82) is 0 Å². The zero-order valence-corrected chi connectivity index (χ0v) is 19.8. The number of carbonyl (C=O) groups excluding carboxylic acids is 1. The maximum absolute atomic E-state index is 12.9. The molecule has 1 aliphatic heterocycles. The van der Waals surface area contributed by atoms with Gasteiger partial charge in [0, 0.05) is 23.5 Å². The van der Waals surface area contributed by atoms with E-state index in [-0.39, 0.29) is 5.78 Å². The van der Waals surface area contributed by atoms with Crippen molar-refractivity contribution >= 4 is 5.78 Å². The van der Waals surface area contributed by atoms with E-state index in [1.807, 2.05) is 12.1 Å². The molecule has 3 rings (SSSR count). The second-order valence-electron chi connectivity index (χ2n) is 8.30. The molecule has 0 aliphatic carbocycles. The molecule has 31 heavy (non-hydrogen) atoms. The molecule has 1 fully saturated rings. The summed E-state index contributed by atoms with van der Waals surface area (Å²) >= 11 is 0. The van der Waals surface area contributed by atoms with Gasteiger partial charge < -0.3 is 28.6 Å². The maximum atomic E-state index is 12.9. The number of aryl methyl sites for hydroxylation is 1. The molecular weight excluding hydrogens is 394 g/mol. The van der Waals surface area contributed by atoms with Crippen LogP contribution in [0.2, 0.25) is 0 Å². The van der Waals surface area contributed by atoms with Crippen molar-refractivity contribution in [3.05, 3.63) is 40.7 Å². The number of piperazine rings is 1. The van der Waals surface area contributed by atoms with E-state index in [1.54, 1.807) is 21.3 Å². The molecule has 2 N–H and O–H groups in total. The lowest BCUT2D eigenvalue weighted by molar-refractivity contribution is -1.01. The lowest BCUT2D eigenvalue weighted by Crippen LogP contribution is -3.27. The number of hydrogen-bond donors (Lipinski definition) is 2. The van der Waals surface area contributed by atoms with Gasteiger partial charge in [-0.05, 0) is 39.0 Å². The highest BCUT2D eigenvalue weighted by molar-refractivity contribution is 5.98. The molecule has 0 saturated carbocycles. The Morgan fingerprint density at radius 3 is 2.16 bits per heavy atom. The quantitative estimate of drug-likeness (QED) is 0.562. The summed E-state index contributed by atoms with van der Waals surface area (Å²) in [5.41, 5.74) is 4.25. The molecule has 1 saturated heterocycles. The number of aromatic nitrogens is 1. The number of hydrogen-bond acceptors (Lipinski definition) is 4. The van der Waals surface area contributed by atoms with Crippen LogP contribution < -0.4 is 24.0 Å². The van der Waals surface area contributed by atoms with Crippen LogP contribution in [0, 0.1) is 13.8 Å². The predicted molar refractivity (Wildman–Crippen MR) is 120 cm³/mol. The van der Waals surface area contributed by atoms with Crippen LogP contribution in [0.5, 0.6) is 17.2 Å². The fourth-order valence-corrected chi connectivity index (χ4v) is 4.77. The molecule has 7 heteroatoms. The first-order valence-electron chi connectivity index (χ1n) is 11.1. The van der Waals surface area contributed by atoms with Crippen molar-refractivity contribution in [3.8, 4) is 17.2 Å². The van der Waals surface area contributed by atoms with Gasteiger partial charge in [0.05, 0.1) is 26.9 Å². The third kappa shape index (κ3) is 4.88. The Labute approximate surface area is 185 Å². The second kappa shape index (κ2) is 10.2. The van der Waals surface area contributed by atoms with Crippen LogP contribution in [0.4, 0.5) is 0 Å². The molecule has 1 aromatic heterocycles. The summed E-state index contributed by atoms with van der Waals surface area (Å²) in [6.07, 6.45) is 0. The van der Waals surface area contributed by atoms with Gasteiger partial charge in [0.2, 0.25) is 11.5 Å². The zero-order chi connectivity index (χ0) is 22.5. The minimum absolute atomic E-state index is 0.257. The third-order valence-electron chi connectivity index (χ3n) is 6.49. The van der Waals surface area contributed by atoms with Crippen LogP contribution in [0.3, 0.4) is 0 Å². The van der Waals surface area contributed by atoms with Crippen molar-refractivity contribution in [1.82, 2.24) is 4.57 Å². The number of Topliss-reactive ketones (excluding diaryl/α,β-unsaturated/α-hetero) is 1. The van der Waals surface area contributed by atoms with E-state index in [0.717, 1.165) is 67.5 Å². The lowest BCUT2D eigenvalue weighted by Gasteiger charge is -2.30. The highest BCUT2D eigenvalue weighted by atomic mass is 16.5. The molecule has 2 heterocycles. The Balaban J connectivity index is 1.60. The summed E-state index contributed by atoms with van der Waals surface area (Å²) in [5, 5.41) is 0. The molecule has 2 aromatic rings. The van der Waals surface area contributed by atoms with Crippen LogP contribution in [0.15, 0.2) is 18.2 Å². The molecule has 1 aliphatic rings. The van der Waals surface area contributed by atoms with Crippen molar-refractivity contribution in [2.45, 2.75) is 33.9 Å². The van der Waals surface area contributed by atoms with Gasteiger partial charge in [0.1, 0.15) is 39.3 Å². The molecule has 0 bridgehead atoms. The molecule has 0 amide bonds. The Bertz CT molecular complexity index is 914. The summed E-state index contributed by atoms with van der Waals surface area (Å²) < 4.78 is 18.7. The fraction of sp³-hybridized carbons (Fsp3) is 0.542. The largest absolute Gasteiger partial charge is 0.493 e. The monoisotopic (exact) mass is 431 g/mol. The summed E-state index contributed by atoms with van der Waals surface area (Å²) in [7, 11) is 4.93. The maximum Gasteiger partial charge on any atom is 0.218 e. The van der Waals surface area contributed by atoms with Gasteiger partial charge in [-0.3, -0.25) is 4.79 Å². The highest BCUT2D eigenvalue weighted by Crippen LogP contribution is 2.39. The highest BCUT2D eigenvalue weighted by Gasteiger charge is 2.28. The predicted octanol–water partition coefficient (Wildman–Crippen LogP) is 0.317. The SMILES string of the molecule is CCn1c(C)cc(C(=O)C[NH+]2CC[NH+](Cc3ccc(OC)c(OC)c3OC)CC2)c1C. The average molecular weight is 432 g/mol. The number of rotatable bonds is 9. The van der Waals surface area contributed by atoms with Crippen LogP contribution in [0.25, 0.3) is 0 Å². The molecule has 0 atom stereocenters. The van der Waals surface area contributed by atoms with E-state index in [1.165, 1.54) is 9.80 Å². The van der Waals surface area contributed by atoms with Gasteiger partial charge in [-0.15, -0.1) is 0 Å². The molecule has 1 aromatic carbocycles. The average Bonchev–Trinajstić information content (AvgIpc) is 3.07. The smallest absolute Gasteiger partial charge is 0.218 e. The van der Waals surface area contributed by atoms with Gasteiger partial charge >= 0.3 is 0 Å². The van der Waals surface area contributed by atoms with Gasteiger partial charge in [0.15, 0.2) is 11.5 Å². The van der Waals surface area contributed by atoms with Gasteiger partial charge in [-0.1, -0.05) is 0 Å². The van der Waals surface area contributed by atoms with E-state index in [0.29, 0.717) is 18.0 Å². The number of nitrogens with zero attached hydrogens (tertiary/aromatic N) is 1. The summed E-state index contributed by atoms with van der Waals surface area (Å²) in [6.45, 7) is 12.6. The third-order valence-corrected chi connectivity index (χ3v) is 6.49. The normalized spacial score (nSPS) is 18.6. The summed E-state index contributed by atoms with van der Waals surface area (Å²) in [4.78, 5) is 15.8. The standard InChI is InChI=1S/C24H35N3O4/c1-7-27-17(2)14-20(18(27)3)21(28)16-26-12-10-25(11-13-26)15-19-8-9-22(29-4)24(31-6)23(19)30-5/h8-9,14H,7,10-13,15-16H2,1-6H3/p+2. The van der Waals surface area contributed by atoms with Crippen molar-refractivity contribution in [2.75, 3.05) is 54.1 Å². The number of ketones is 1. The van der Waals surface area contributed by atoms with Crippen molar-refractivity contribution in [2.24, 2.45) is 0 Å². The number of methoxy groups -OCH3 is 3. The fourth-order valence-electron chi connectivity index (χ4n) is 4.77. The van der Waals surface area contributed by atoms with Gasteiger partial charge in [-0.25, -0.2) is 0 Å². The van der Waals surface area contributed by atoms with Crippen molar-refractivity contribution < 1.29 is 28.8 Å². The van der Waals surface area contributed by atoms with Crippen LogP contribution in [-0.4, -0.2) is 64.4 Å². The number of quaternary nitrogens is 2. The topological polar surface area (TPSA) is 58.6 Å². The number of nitrogens with one attached hydrogen (secondary N) is 2. The Kier molecular flexibility index (Phi) is 7.62. The van der Waals surface area contributed by atoms with Crippen LogP contribution in [0.1, 0.15) is 34.2 Å². The first-order valence-corrected chi connectivity index (χ1v) is 11.1. The van der Waals surface area contributed by atoms with E-state index in [4.69, 9.17) is 14.2 Å². The Morgan fingerprint density at radius 2 is 1.61 bits per heavy atom. The Hall–Kier alpha value is -2.51. The van der Waals surface area contributed by atoms with Gasteiger partial charge in [-0.2, -0.15) is 0 Å². The Morgan fingerprint density at radius 1 is 0.968 bits per heavy atom. The molecular formula is C24H37N3O4+2. The van der Waals surface area contributed by atoms with Crippen LogP contribution in [-0.2, 0) is 13.1 Å². The first-order chi connectivity index (χ1) is 14.9. The first kappa shape index (κ1) is 23.2. The molecule has 0 spiro atoms. The lowest BCUT2D eigenvalue weighted by atomic mass is 10.1. The van der Waals surface area contributed by atoms with Crippen molar-refractivity contribution in [3.63, 3.8) is 0 Å². The van der Waals surface area contributed by atoms with Gasteiger partial charge in [0.25, 0.3) is 0 Å². The molecule has 170 valence electrons. The van der Waals surface area contributed by atoms with Crippen LogP contribution >= 0.6 is 0 Å². The number of ether oxygens (including phenoxy) is 3. The summed E-state index contributed by atoms with van der Waals surface area (Å²) in [5.74, 6) is 2.31. The molecule has 7 nitrogen and oxygen atoms in total. The number of carbonyl (C=O) groups is 1. The zero-order valence-electron chi connectivity index (χ0n) is 19.8. The second-order valence-corrected chi connectivity index (χ2v) is 8.30. The van der Waals surface area contributed by atoms with E-state index in [9.17, 15) is 4.79 Å². The number of benzene rings is 1. The molecule has 0 radical (unpaired) electrons. The van der Waals surface area contributed by atoms with E-state index < -0.39 is 0 Å². The molecule has 0 unspecified atom stereocenters. The minimum atomic E-state index is 0.257. The van der Waals surface area contributed by atoms with E-state index in [2.05, 4.69) is 31.4 Å². The minimum Gasteiger partial charge on any atom is -0.493 e. The van der Waals surface area contributed by atoms with E-state index >= 15 is 0 Å².